The Balaban J connectivity index is 1.56. The molecule has 0 fully saturated rings. The minimum Gasteiger partial charge on any atom is -0.486 e. The molecule has 1 aromatic carbocycles. The fraction of sp³-hybridized carbons (Fsp3) is 0.400. The van der Waals surface area contributed by atoms with Gasteiger partial charge in [-0.1, -0.05) is 6.07 Å². The Bertz CT molecular complexity index is 612. The van der Waals surface area contributed by atoms with Crippen LogP contribution in [0.2, 0.25) is 0 Å². The van der Waals surface area contributed by atoms with E-state index in [0.717, 1.165) is 16.9 Å². The van der Waals surface area contributed by atoms with E-state index in [-0.39, 0.29) is 0 Å². The number of nitrogens with zero attached hydrogens (tertiary/aromatic N) is 2. The van der Waals surface area contributed by atoms with E-state index >= 15 is 0 Å². The van der Waals surface area contributed by atoms with Crippen LogP contribution in [0.5, 0.6) is 11.5 Å². The molecule has 2 N–H and O–H groups in total. The maximum absolute atomic E-state index is 10.2. The molecule has 0 saturated heterocycles. The van der Waals surface area contributed by atoms with Crippen LogP contribution < -0.4 is 14.8 Å². The average molecular weight is 289 g/mol. The van der Waals surface area contributed by atoms with Crippen LogP contribution in [0, 0.1) is 0 Å². The van der Waals surface area contributed by atoms with Crippen molar-refractivity contribution < 1.29 is 14.6 Å². The van der Waals surface area contributed by atoms with E-state index in [1.807, 2.05) is 37.6 Å². The average Bonchev–Trinajstić information content (AvgIpc) is 2.92. The van der Waals surface area contributed by atoms with E-state index in [1.54, 1.807) is 4.68 Å². The standard InChI is InChI=1S/C15H19N3O3/c1-18-10-11(8-17-18)7-16-9-13(19)12-2-3-14-15(6-12)21-5-4-20-14/h2-3,6,8,10,13,16,19H,4-5,7,9H2,1H3. The van der Waals surface area contributed by atoms with Gasteiger partial charge in [-0.3, -0.25) is 4.68 Å². The number of hydrogen-bond donors (Lipinski definition) is 2. The quantitative estimate of drug-likeness (QED) is 0.860. The van der Waals surface area contributed by atoms with Crippen molar-refractivity contribution in [2.24, 2.45) is 7.05 Å². The summed E-state index contributed by atoms with van der Waals surface area (Å²) in [5, 5.41) is 17.5. The lowest BCUT2D eigenvalue weighted by atomic mass is 10.1. The Labute approximate surface area is 123 Å². The second kappa shape index (κ2) is 6.15. The second-order valence-electron chi connectivity index (χ2n) is 5.07. The summed E-state index contributed by atoms with van der Waals surface area (Å²) in [6, 6.07) is 5.54. The molecule has 0 radical (unpaired) electrons. The molecule has 1 aliphatic heterocycles. The lowest BCUT2D eigenvalue weighted by molar-refractivity contribution is 0.163. The molecule has 0 saturated carbocycles. The van der Waals surface area contributed by atoms with Crippen LogP contribution in [-0.2, 0) is 13.6 Å². The van der Waals surface area contributed by atoms with Crippen LogP contribution >= 0.6 is 0 Å². The molecule has 1 aliphatic rings. The van der Waals surface area contributed by atoms with E-state index in [1.165, 1.54) is 0 Å². The number of aromatic nitrogens is 2. The first-order chi connectivity index (χ1) is 10.2. The molecule has 1 aromatic heterocycles. The zero-order valence-corrected chi connectivity index (χ0v) is 12.0. The molecule has 0 aliphatic carbocycles. The van der Waals surface area contributed by atoms with Gasteiger partial charge in [-0.25, -0.2) is 0 Å². The maximum Gasteiger partial charge on any atom is 0.161 e. The lowest BCUT2D eigenvalue weighted by Gasteiger charge is -2.20. The number of hydrogen-bond acceptors (Lipinski definition) is 5. The first-order valence-electron chi connectivity index (χ1n) is 6.98. The van der Waals surface area contributed by atoms with Crippen LogP contribution in [0.15, 0.2) is 30.6 Å². The summed E-state index contributed by atoms with van der Waals surface area (Å²) >= 11 is 0. The number of aliphatic hydroxyl groups is 1. The van der Waals surface area contributed by atoms with Crippen molar-refractivity contribution in [2.75, 3.05) is 19.8 Å². The first-order valence-corrected chi connectivity index (χ1v) is 6.98. The highest BCUT2D eigenvalue weighted by molar-refractivity contribution is 5.44. The van der Waals surface area contributed by atoms with Gasteiger partial charge >= 0.3 is 0 Å². The molecule has 0 amide bonds. The molecule has 0 spiro atoms. The number of nitrogens with one attached hydrogen (secondary N) is 1. The molecule has 1 atom stereocenters. The summed E-state index contributed by atoms with van der Waals surface area (Å²) in [4.78, 5) is 0. The SMILES string of the molecule is Cn1cc(CNCC(O)c2ccc3c(c2)OCCO3)cn1. The summed E-state index contributed by atoms with van der Waals surface area (Å²) in [5.74, 6) is 1.44. The minimum absolute atomic E-state index is 0.467. The van der Waals surface area contributed by atoms with Crippen LogP contribution in [0.4, 0.5) is 0 Å². The summed E-state index contributed by atoms with van der Waals surface area (Å²) in [5.41, 5.74) is 1.91. The number of fused-ring (bicyclic) bond motifs is 1. The van der Waals surface area contributed by atoms with Crippen LogP contribution in [0.3, 0.4) is 0 Å². The minimum atomic E-state index is -0.586. The summed E-state index contributed by atoms with van der Waals surface area (Å²) in [6.45, 7) is 2.26. The van der Waals surface area contributed by atoms with Crippen molar-refractivity contribution in [3.8, 4) is 11.5 Å². The second-order valence-corrected chi connectivity index (χ2v) is 5.07. The molecule has 112 valence electrons. The topological polar surface area (TPSA) is 68.5 Å². The zero-order valence-electron chi connectivity index (χ0n) is 12.0. The fourth-order valence-electron chi connectivity index (χ4n) is 2.30. The van der Waals surface area contributed by atoms with E-state index in [4.69, 9.17) is 9.47 Å². The number of aryl methyl sites for hydroxylation is 1. The van der Waals surface area contributed by atoms with Gasteiger partial charge in [0.25, 0.3) is 0 Å². The van der Waals surface area contributed by atoms with Gasteiger partial charge < -0.3 is 19.9 Å². The Morgan fingerprint density at radius 1 is 1.33 bits per heavy atom. The van der Waals surface area contributed by atoms with E-state index < -0.39 is 6.10 Å². The van der Waals surface area contributed by atoms with Gasteiger partial charge in [0.05, 0.1) is 12.3 Å². The van der Waals surface area contributed by atoms with Gasteiger partial charge in [0.15, 0.2) is 11.5 Å². The lowest BCUT2D eigenvalue weighted by Crippen LogP contribution is -2.21. The normalized spacial score (nSPS) is 15.0. The molecule has 2 aromatic rings. The van der Waals surface area contributed by atoms with Crippen LogP contribution in [-0.4, -0.2) is 34.6 Å². The molecule has 1 unspecified atom stereocenters. The maximum atomic E-state index is 10.2. The van der Waals surface area contributed by atoms with E-state index in [9.17, 15) is 5.11 Å². The van der Waals surface area contributed by atoms with Crippen molar-refractivity contribution in [3.63, 3.8) is 0 Å². The predicted molar refractivity (Wildman–Crippen MR) is 77.3 cm³/mol. The van der Waals surface area contributed by atoms with Crippen molar-refractivity contribution in [1.82, 2.24) is 15.1 Å². The number of ether oxygens (including phenoxy) is 2. The number of rotatable bonds is 5. The monoisotopic (exact) mass is 289 g/mol. The third kappa shape index (κ3) is 3.34. The smallest absolute Gasteiger partial charge is 0.161 e. The highest BCUT2D eigenvalue weighted by Gasteiger charge is 2.15. The first kappa shape index (κ1) is 13.9. The van der Waals surface area contributed by atoms with Gasteiger partial charge in [0, 0.05) is 31.9 Å². The Morgan fingerprint density at radius 3 is 2.90 bits per heavy atom. The summed E-state index contributed by atoms with van der Waals surface area (Å²) in [7, 11) is 1.88. The van der Waals surface area contributed by atoms with Crippen molar-refractivity contribution >= 4 is 0 Å². The Kier molecular flexibility index (Phi) is 4.08. The predicted octanol–water partition coefficient (Wildman–Crippen LogP) is 1.01. The molecular formula is C15H19N3O3. The highest BCUT2D eigenvalue weighted by Crippen LogP contribution is 2.32. The van der Waals surface area contributed by atoms with Crippen LogP contribution in [0.1, 0.15) is 17.2 Å². The fourth-order valence-corrected chi connectivity index (χ4v) is 2.30. The summed E-state index contributed by atoms with van der Waals surface area (Å²) < 4.78 is 12.7. The Hall–Kier alpha value is -2.05. The third-order valence-corrected chi connectivity index (χ3v) is 3.38. The molecule has 6 nitrogen and oxygen atoms in total. The molecular weight excluding hydrogens is 270 g/mol. The molecule has 21 heavy (non-hydrogen) atoms. The zero-order chi connectivity index (χ0) is 14.7. The van der Waals surface area contributed by atoms with E-state index in [0.29, 0.717) is 32.1 Å². The third-order valence-electron chi connectivity index (χ3n) is 3.38. The van der Waals surface area contributed by atoms with Crippen molar-refractivity contribution in [1.29, 1.82) is 0 Å². The van der Waals surface area contributed by atoms with Gasteiger partial charge in [0.2, 0.25) is 0 Å². The Morgan fingerprint density at radius 2 is 2.14 bits per heavy atom. The highest BCUT2D eigenvalue weighted by atomic mass is 16.6. The summed E-state index contributed by atoms with van der Waals surface area (Å²) in [6.07, 6.45) is 3.17. The van der Waals surface area contributed by atoms with Crippen molar-refractivity contribution in [2.45, 2.75) is 12.6 Å². The number of benzene rings is 1. The number of aliphatic hydroxyl groups excluding tert-OH is 1. The molecule has 0 bridgehead atoms. The van der Waals surface area contributed by atoms with Gasteiger partial charge in [0.1, 0.15) is 13.2 Å². The van der Waals surface area contributed by atoms with E-state index in [2.05, 4.69) is 10.4 Å². The molecule has 2 heterocycles. The molecule has 6 heteroatoms. The van der Waals surface area contributed by atoms with Gasteiger partial charge in [-0.05, 0) is 17.7 Å². The van der Waals surface area contributed by atoms with Crippen molar-refractivity contribution in [3.05, 3.63) is 41.7 Å². The largest absolute Gasteiger partial charge is 0.486 e. The van der Waals surface area contributed by atoms with Crippen LogP contribution in [0.25, 0.3) is 0 Å². The van der Waals surface area contributed by atoms with Gasteiger partial charge in [-0.15, -0.1) is 0 Å². The van der Waals surface area contributed by atoms with Gasteiger partial charge in [-0.2, -0.15) is 5.10 Å². The molecule has 3 rings (SSSR count).